The number of nitrogens with zero attached hydrogens (tertiary/aromatic N) is 2. The van der Waals surface area contributed by atoms with Gasteiger partial charge in [0.05, 0.1) is 18.4 Å². The summed E-state index contributed by atoms with van der Waals surface area (Å²) in [6.07, 6.45) is 6.11. The summed E-state index contributed by atoms with van der Waals surface area (Å²) in [4.78, 5) is 17.4. The van der Waals surface area contributed by atoms with Crippen molar-refractivity contribution in [2.45, 2.75) is 49.2 Å². The molecular weight excluding hydrogens is 379 g/mol. The van der Waals surface area contributed by atoms with Crippen molar-refractivity contribution in [1.82, 2.24) is 9.71 Å². The Morgan fingerprint density at radius 2 is 2.20 bits per heavy atom. The van der Waals surface area contributed by atoms with E-state index in [-0.39, 0.29) is 22.8 Å². The smallest absolute Gasteiger partial charge is 0.246 e. The minimum atomic E-state index is -1.34. The lowest BCUT2D eigenvalue weighted by atomic mass is 9.37. The van der Waals surface area contributed by atoms with Gasteiger partial charge in [-0.05, 0) is 51.5 Å². The van der Waals surface area contributed by atoms with Gasteiger partial charge in [-0.2, -0.15) is 0 Å². The number of amides is 1. The van der Waals surface area contributed by atoms with Crippen molar-refractivity contribution in [2.75, 3.05) is 27.7 Å². The molecule has 1 N–H and O–H groups in total. The summed E-state index contributed by atoms with van der Waals surface area (Å²) in [5, 5.41) is 12.1. The van der Waals surface area contributed by atoms with Crippen LogP contribution in [0.25, 0.3) is 0 Å². The monoisotopic (exact) mass is 407 g/mol. The van der Waals surface area contributed by atoms with Gasteiger partial charge in [-0.1, -0.05) is 25.0 Å². The van der Waals surface area contributed by atoms with Gasteiger partial charge < -0.3 is 24.3 Å². The summed E-state index contributed by atoms with van der Waals surface area (Å²) >= 11 is 0. The van der Waals surface area contributed by atoms with Crippen LogP contribution < -0.4 is 9.47 Å². The maximum atomic E-state index is 13.4. The molecule has 0 aromatic heterocycles. The highest BCUT2D eigenvalue weighted by Gasteiger charge is 2.79. The first-order valence-electron chi connectivity index (χ1n) is 10.9. The molecule has 2 fully saturated rings. The van der Waals surface area contributed by atoms with Crippen LogP contribution in [0.5, 0.6) is 11.5 Å². The zero-order valence-corrected chi connectivity index (χ0v) is 18.0. The number of hydrogen-bond donors (Lipinski definition) is 1. The van der Waals surface area contributed by atoms with E-state index < -0.39 is 17.6 Å². The number of likely N-dealkylation sites (tertiary alicyclic amines) is 1. The van der Waals surface area contributed by atoms with E-state index in [9.17, 15) is 9.90 Å². The van der Waals surface area contributed by atoms with Crippen molar-refractivity contribution in [3.8, 4) is 11.5 Å². The summed E-state index contributed by atoms with van der Waals surface area (Å²) < 4.78 is 12.3. The molecule has 30 heavy (non-hydrogen) atoms. The van der Waals surface area contributed by atoms with E-state index in [2.05, 4.69) is 24.1 Å². The number of aliphatic hydroxyl groups is 1. The number of ether oxygens (including phenoxy) is 2. The number of likely N-dealkylation sites (N-methyl/N-ethyl adjacent to an activating group) is 1. The van der Waals surface area contributed by atoms with Crippen LogP contribution in [0.15, 0.2) is 24.3 Å². The van der Waals surface area contributed by atoms with Crippen molar-refractivity contribution in [2.24, 2.45) is 11.3 Å². The van der Waals surface area contributed by atoms with Gasteiger partial charge in [0.15, 0.2) is 11.5 Å². The molecule has 2 spiro atoms. The van der Waals surface area contributed by atoms with E-state index in [0.717, 1.165) is 30.9 Å². The molecule has 6 nitrogen and oxygen atoms in total. The molecule has 4 bridgehead atoms. The molecule has 157 valence electrons. The van der Waals surface area contributed by atoms with E-state index in [1.54, 1.807) is 26.4 Å². The fourth-order valence-corrected chi connectivity index (χ4v) is 7.56. The predicted octanol–water partition coefficient (Wildman–Crippen LogP) is 1.39. The van der Waals surface area contributed by atoms with Gasteiger partial charge in [0.1, 0.15) is 11.7 Å². The van der Waals surface area contributed by atoms with E-state index in [4.69, 9.17) is 9.47 Å². The number of piperidine rings is 1. The number of hydrogen-bond acceptors (Lipinski definition) is 5. The van der Waals surface area contributed by atoms with Gasteiger partial charge in [0.25, 0.3) is 0 Å². The third-order valence-electron chi connectivity index (χ3n) is 8.99. The fourth-order valence-electron chi connectivity index (χ4n) is 7.56. The van der Waals surface area contributed by atoms with Crippen LogP contribution in [0.2, 0.25) is 6.82 Å². The standard InChI is InChI=1S/C23H28BN2O4/c1-24-26(3)19(27)14-12-21-7-8-23(14,28)20-22(21)9-10-25(2)16(21)11-13-5-6-15(29-4)18(30-20)17(13)22/h5-8,14,16,20,28H,9-12H2,1-4H3/t14-,16-,20?,21-,22+,23?/m1/s1. The van der Waals surface area contributed by atoms with Crippen LogP contribution in [-0.2, 0) is 16.6 Å². The molecule has 1 radical (unpaired) electrons. The van der Waals surface area contributed by atoms with Gasteiger partial charge in [-0.15, -0.1) is 0 Å². The van der Waals surface area contributed by atoms with Crippen LogP contribution in [0, 0.1) is 11.3 Å². The van der Waals surface area contributed by atoms with Gasteiger partial charge in [-0.3, -0.25) is 4.79 Å². The molecule has 2 unspecified atom stereocenters. The molecule has 1 saturated carbocycles. The first-order chi connectivity index (χ1) is 14.3. The second kappa shape index (κ2) is 5.62. The molecule has 2 aliphatic heterocycles. The maximum absolute atomic E-state index is 13.4. The second-order valence-electron chi connectivity index (χ2n) is 9.78. The van der Waals surface area contributed by atoms with Crippen molar-refractivity contribution >= 4 is 13.3 Å². The fraction of sp³-hybridized carbons (Fsp3) is 0.609. The Hall–Kier alpha value is -1.99. The average Bonchev–Trinajstić information content (AvgIpc) is 3.12. The first kappa shape index (κ1) is 18.8. The van der Waals surface area contributed by atoms with Crippen molar-refractivity contribution in [3.63, 3.8) is 0 Å². The number of benzene rings is 1. The molecule has 2 heterocycles. The lowest BCUT2D eigenvalue weighted by molar-refractivity contribution is -0.206. The number of carbonyl (C=O) groups is 1. The van der Waals surface area contributed by atoms with Crippen molar-refractivity contribution < 1.29 is 19.4 Å². The maximum Gasteiger partial charge on any atom is 0.246 e. The van der Waals surface area contributed by atoms with Crippen molar-refractivity contribution in [3.05, 3.63) is 35.4 Å². The third-order valence-corrected chi connectivity index (χ3v) is 8.99. The lowest BCUT2D eigenvalue weighted by Crippen LogP contribution is -2.79. The Kier molecular flexibility index (Phi) is 3.52. The van der Waals surface area contributed by atoms with E-state index in [1.807, 2.05) is 19.0 Å². The van der Waals surface area contributed by atoms with Gasteiger partial charge >= 0.3 is 0 Å². The van der Waals surface area contributed by atoms with Crippen LogP contribution >= 0.6 is 0 Å². The van der Waals surface area contributed by atoms with Crippen molar-refractivity contribution in [1.29, 1.82) is 0 Å². The van der Waals surface area contributed by atoms with E-state index >= 15 is 0 Å². The Balaban J connectivity index is 1.63. The number of rotatable bonds is 3. The number of fused-ring (bicyclic) bond motifs is 1. The zero-order chi connectivity index (χ0) is 21.1. The number of carbonyl (C=O) groups excluding carboxylic acids is 1. The lowest BCUT2D eigenvalue weighted by Gasteiger charge is -2.70. The molecule has 1 amide bonds. The minimum Gasteiger partial charge on any atom is -0.493 e. The largest absolute Gasteiger partial charge is 0.493 e. The van der Waals surface area contributed by atoms with Crippen LogP contribution in [0.3, 0.4) is 0 Å². The molecule has 6 aliphatic rings. The highest BCUT2D eigenvalue weighted by Crippen LogP contribution is 2.74. The van der Waals surface area contributed by atoms with Crippen LogP contribution in [0.1, 0.15) is 24.0 Å². The van der Waals surface area contributed by atoms with Crippen LogP contribution in [-0.4, -0.2) is 73.6 Å². The summed E-state index contributed by atoms with van der Waals surface area (Å²) in [5.74, 6) is 0.919. The molecule has 7 rings (SSSR count). The molecule has 1 aromatic rings. The topological polar surface area (TPSA) is 62.2 Å². The van der Waals surface area contributed by atoms with Gasteiger partial charge in [0.2, 0.25) is 13.3 Å². The molecule has 1 aromatic carbocycles. The summed E-state index contributed by atoms with van der Waals surface area (Å²) in [7, 11) is 7.39. The van der Waals surface area contributed by atoms with Gasteiger partial charge in [0, 0.05) is 17.0 Å². The Morgan fingerprint density at radius 1 is 1.40 bits per heavy atom. The number of methoxy groups -OCH3 is 1. The summed E-state index contributed by atoms with van der Waals surface area (Å²) in [6.45, 7) is 2.80. The quantitative estimate of drug-likeness (QED) is 0.606. The normalized spacial score (nSPS) is 41.8. The molecule has 1 saturated heterocycles. The Labute approximate surface area is 178 Å². The molecule has 4 aliphatic carbocycles. The Morgan fingerprint density at radius 3 is 2.93 bits per heavy atom. The molecular formula is C23H28BN2O4. The summed E-state index contributed by atoms with van der Waals surface area (Å²) in [6, 6.07) is 4.43. The van der Waals surface area contributed by atoms with E-state index in [0.29, 0.717) is 6.42 Å². The highest BCUT2D eigenvalue weighted by molar-refractivity contribution is 6.35. The second-order valence-corrected chi connectivity index (χ2v) is 9.78. The molecule has 6 atom stereocenters. The summed E-state index contributed by atoms with van der Waals surface area (Å²) in [5.41, 5.74) is 0.613. The third kappa shape index (κ3) is 1.77. The van der Waals surface area contributed by atoms with E-state index in [1.165, 1.54) is 11.1 Å². The first-order valence-corrected chi connectivity index (χ1v) is 10.9. The van der Waals surface area contributed by atoms with Crippen LogP contribution in [0.4, 0.5) is 0 Å². The highest BCUT2D eigenvalue weighted by atomic mass is 16.5. The Bertz CT molecular complexity index is 998. The predicted molar refractivity (Wildman–Crippen MR) is 113 cm³/mol. The minimum absolute atomic E-state index is 0.0448. The molecule has 7 heteroatoms. The van der Waals surface area contributed by atoms with Gasteiger partial charge in [-0.25, -0.2) is 0 Å². The SMILES string of the molecule is C[B]N(C)C(=O)[C@H]1C[C@@]23C=CC1(O)C1Oc4c(OC)ccc5c4[C@@]12CCN(C)[C@@H]3C5. The average molecular weight is 407 g/mol. The zero-order valence-electron chi connectivity index (χ0n) is 18.0.